The lowest BCUT2D eigenvalue weighted by molar-refractivity contribution is 0.284. The number of hydrazone groups is 1. The van der Waals surface area contributed by atoms with Gasteiger partial charge in [-0.2, -0.15) is 5.10 Å². The molecule has 0 spiro atoms. The summed E-state index contributed by atoms with van der Waals surface area (Å²) in [7, 11) is 1.63. The Morgan fingerprint density at radius 1 is 1.16 bits per heavy atom. The van der Waals surface area contributed by atoms with Gasteiger partial charge >= 0.3 is 0 Å². The molecule has 0 aliphatic rings. The van der Waals surface area contributed by atoms with Crippen molar-refractivity contribution >= 4 is 22.7 Å². The van der Waals surface area contributed by atoms with E-state index in [2.05, 4.69) is 15.5 Å². The Morgan fingerprint density at radius 3 is 2.72 bits per heavy atom. The van der Waals surface area contributed by atoms with Crippen LogP contribution in [0.2, 0.25) is 0 Å². The summed E-state index contributed by atoms with van der Waals surface area (Å²) in [6, 6.07) is 15.7. The van der Waals surface area contributed by atoms with Gasteiger partial charge in [-0.25, -0.2) is 4.98 Å². The van der Waals surface area contributed by atoms with E-state index in [1.165, 1.54) is 11.3 Å². The molecule has 2 aromatic carbocycles. The van der Waals surface area contributed by atoms with Crippen LogP contribution < -0.4 is 14.9 Å². The van der Waals surface area contributed by atoms with Gasteiger partial charge in [0.1, 0.15) is 6.61 Å². The zero-order chi connectivity index (χ0) is 17.5. The highest BCUT2D eigenvalue weighted by atomic mass is 32.1. The van der Waals surface area contributed by atoms with Gasteiger partial charge < -0.3 is 9.47 Å². The molecule has 1 aromatic heterocycles. The van der Waals surface area contributed by atoms with Gasteiger partial charge in [0.25, 0.3) is 0 Å². The first-order valence-electron chi connectivity index (χ1n) is 7.80. The third-order valence-corrected chi connectivity index (χ3v) is 4.28. The van der Waals surface area contributed by atoms with E-state index >= 15 is 0 Å². The van der Waals surface area contributed by atoms with Crippen molar-refractivity contribution in [2.75, 3.05) is 12.5 Å². The van der Waals surface area contributed by atoms with Crippen molar-refractivity contribution in [2.45, 2.75) is 13.5 Å². The van der Waals surface area contributed by atoms with Gasteiger partial charge in [-0.3, -0.25) is 5.43 Å². The zero-order valence-electron chi connectivity index (χ0n) is 14.1. The van der Waals surface area contributed by atoms with Crippen molar-refractivity contribution in [1.82, 2.24) is 4.98 Å². The number of hydrogen-bond acceptors (Lipinski definition) is 6. The van der Waals surface area contributed by atoms with E-state index in [1.807, 2.05) is 60.8 Å². The van der Waals surface area contributed by atoms with E-state index in [-0.39, 0.29) is 0 Å². The van der Waals surface area contributed by atoms with Crippen molar-refractivity contribution < 1.29 is 9.47 Å². The molecule has 0 radical (unpaired) electrons. The van der Waals surface area contributed by atoms with Crippen LogP contribution in [0.15, 0.2) is 59.0 Å². The Bertz CT molecular complexity index is 847. The molecule has 0 aliphatic carbocycles. The van der Waals surface area contributed by atoms with Gasteiger partial charge in [0.2, 0.25) is 5.13 Å². The molecule has 3 aromatic rings. The van der Waals surface area contributed by atoms with E-state index in [9.17, 15) is 0 Å². The number of ether oxygens (including phenoxy) is 2. The molecule has 0 saturated carbocycles. The number of anilines is 1. The lowest BCUT2D eigenvalue weighted by Gasteiger charge is -2.11. The number of methoxy groups -OCH3 is 1. The van der Waals surface area contributed by atoms with Crippen LogP contribution in [-0.2, 0) is 6.61 Å². The van der Waals surface area contributed by atoms with Crippen molar-refractivity contribution in [3.05, 3.63) is 70.7 Å². The molecule has 0 saturated heterocycles. The SMILES string of the molecule is COc1cc(/C=N/Nc2nc(C)cs2)ccc1OCc1ccccc1. The molecule has 0 unspecified atom stereocenters. The Morgan fingerprint density at radius 2 is 2.00 bits per heavy atom. The average Bonchev–Trinajstić information content (AvgIpc) is 3.06. The van der Waals surface area contributed by atoms with Crippen LogP contribution in [0, 0.1) is 6.92 Å². The molecule has 0 fully saturated rings. The number of rotatable bonds is 7. The van der Waals surface area contributed by atoms with Crippen molar-refractivity contribution in [1.29, 1.82) is 0 Å². The summed E-state index contributed by atoms with van der Waals surface area (Å²) in [4.78, 5) is 4.29. The predicted molar refractivity (Wildman–Crippen MR) is 102 cm³/mol. The molecule has 0 bridgehead atoms. The largest absolute Gasteiger partial charge is 0.493 e. The summed E-state index contributed by atoms with van der Waals surface area (Å²) >= 11 is 1.52. The summed E-state index contributed by atoms with van der Waals surface area (Å²) in [6.07, 6.45) is 1.72. The van der Waals surface area contributed by atoms with E-state index in [4.69, 9.17) is 9.47 Å². The molecule has 128 valence electrons. The Hall–Kier alpha value is -2.86. The fraction of sp³-hybridized carbons (Fsp3) is 0.158. The quantitative estimate of drug-likeness (QED) is 0.502. The molecule has 3 rings (SSSR count). The van der Waals surface area contributed by atoms with Gasteiger partial charge in [-0.1, -0.05) is 30.3 Å². The second-order valence-electron chi connectivity index (χ2n) is 5.35. The number of thiazole rings is 1. The minimum atomic E-state index is 0.496. The van der Waals surface area contributed by atoms with Gasteiger partial charge in [0.05, 0.1) is 19.0 Å². The second-order valence-corrected chi connectivity index (χ2v) is 6.21. The monoisotopic (exact) mass is 353 g/mol. The minimum Gasteiger partial charge on any atom is -0.493 e. The summed E-state index contributed by atoms with van der Waals surface area (Å²) < 4.78 is 11.3. The maximum absolute atomic E-state index is 5.85. The predicted octanol–water partition coefficient (Wildman–Crippen LogP) is 4.49. The van der Waals surface area contributed by atoms with Crippen LogP contribution in [-0.4, -0.2) is 18.3 Å². The molecule has 5 nitrogen and oxygen atoms in total. The molecule has 0 atom stereocenters. The van der Waals surface area contributed by atoms with Crippen molar-refractivity contribution in [3.8, 4) is 11.5 Å². The Kier molecular flexibility index (Phi) is 5.64. The third kappa shape index (κ3) is 4.81. The normalized spacial score (nSPS) is 10.8. The number of hydrogen-bond donors (Lipinski definition) is 1. The number of aromatic nitrogens is 1. The lowest BCUT2D eigenvalue weighted by Crippen LogP contribution is -1.98. The molecule has 1 heterocycles. The third-order valence-electron chi connectivity index (χ3n) is 3.42. The zero-order valence-corrected chi connectivity index (χ0v) is 14.9. The molecule has 0 amide bonds. The smallest absolute Gasteiger partial charge is 0.203 e. The maximum atomic E-state index is 5.85. The maximum Gasteiger partial charge on any atom is 0.203 e. The average molecular weight is 353 g/mol. The number of nitrogens with one attached hydrogen (secondary N) is 1. The fourth-order valence-corrected chi connectivity index (χ4v) is 2.82. The molecule has 0 aliphatic heterocycles. The van der Waals surface area contributed by atoms with Crippen LogP contribution in [0.25, 0.3) is 0 Å². The second kappa shape index (κ2) is 8.30. The number of benzene rings is 2. The van der Waals surface area contributed by atoms with Crippen LogP contribution in [0.1, 0.15) is 16.8 Å². The van der Waals surface area contributed by atoms with E-state index in [0.717, 1.165) is 22.0 Å². The van der Waals surface area contributed by atoms with Gasteiger partial charge in [-0.15, -0.1) is 11.3 Å². The first-order valence-corrected chi connectivity index (χ1v) is 8.68. The van der Waals surface area contributed by atoms with Gasteiger partial charge in [0, 0.05) is 5.38 Å². The summed E-state index contributed by atoms with van der Waals surface area (Å²) in [5.41, 5.74) is 5.91. The molecule has 1 N–H and O–H groups in total. The van der Waals surface area contributed by atoms with Crippen molar-refractivity contribution in [3.63, 3.8) is 0 Å². The highest BCUT2D eigenvalue weighted by Crippen LogP contribution is 2.28. The standard InChI is InChI=1S/C19H19N3O2S/c1-14-13-25-19(21-14)22-20-11-16-8-9-17(18(10-16)23-2)24-12-15-6-4-3-5-7-15/h3-11,13H,12H2,1-2H3,(H,21,22)/b20-11+. The summed E-state index contributed by atoms with van der Waals surface area (Å²) in [6.45, 7) is 2.44. The van der Waals surface area contributed by atoms with E-state index in [0.29, 0.717) is 18.1 Å². The van der Waals surface area contributed by atoms with Crippen LogP contribution in [0.3, 0.4) is 0 Å². The number of aryl methyl sites for hydroxylation is 1. The first kappa shape index (κ1) is 17.0. The molecular formula is C19H19N3O2S. The lowest BCUT2D eigenvalue weighted by atomic mass is 10.2. The van der Waals surface area contributed by atoms with Gasteiger partial charge in [-0.05, 0) is 36.2 Å². The first-order chi connectivity index (χ1) is 12.2. The topological polar surface area (TPSA) is 55.7 Å². The highest BCUT2D eigenvalue weighted by Gasteiger charge is 2.05. The molecule has 6 heteroatoms. The Labute approximate surface area is 151 Å². The minimum absolute atomic E-state index is 0.496. The molecule has 25 heavy (non-hydrogen) atoms. The van der Waals surface area contributed by atoms with Crippen LogP contribution in [0.4, 0.5) is 5.13 Å². The summed E-state index contributed by atoms with van der Waals surface area (Å²) in [5.74, 6) is 1.37. The molecular weight excluding hydrogens is 334 g/mol. The van der Waals surface area contributed by atoms with Crippen LogP contribution >= 0.6 is 11.3 Å². The fourth-order valence-electron chi connectivity index (χ4n) is 2.19. The van der Waals surface area contributed by atoms with Crippen LogP contribution in [0.5, 0.6) is 11.5 Å². The van der Waals surface area contributed by atoms with E-state index in [1.54, 1.807) is 13.3 Å². The van der Waals surface area contributed by atoms with Gasteiger partial charge in [0.15, 0.2) is 11.5 Å². The highest BCUT2D eigenvalue weighted by molar-refractivity contribution is 7.13. The number of nitrogens with zero attached hydrogens (tertiary/aromatic N) is 2. The Balaban J connectivity index is 1.64. The summed E-state index contributed by atoms with van der Waals surface area (Å²) in [5, 5.41) is 6.94. The van der Waals surface area contributed by atoms with Crippen molar-refractivity contribution in [2.24, 2.45) is 5.10 Å². The van der Waals surface area contributed by atoms with E-state index < -0.39 is 0 Å².